The molecule has 1 fully saturated rings. The minimum Gasteiger partial charge on any atom is -0.352 e. The molecule has 0 spiro atoms. The Morgan fingerprint density at radius 2 is 2.17 bits per heavy atom. The van der Waals surface area contributed by atoms with Crippen LogP contribution in [0, 0.1) is 17.3 Å². The summed E-state index contributed by atoms with van der Waals surface area (Å²) in [5.74, 6) is 1.28. The molecule has 2 atom stereocenters. The molecule has 0 aromatic carbocycles. The molecular weight excluding hydrogens is 300 g/mol. The number of amides is 1. The van der Waals surface area contributed by atoms with Gasteiger partial charge >= 0.3 is 0 Å². The van der Waals surface area contributed by atoms with Crippen LogP contribution < -0.4 is 5.32 Å². The van der Waals surface area contributed by atoms with Crippen LogP contribution in [-0.2, 0) is 11.3 Å². The van der Waals surface area contributed by atoms with Gasteiger partial charge in [-0.3, -0.25) is 9.36 Å². The van der Waals surface area contributed by atoms with Gasteiger partial charge in [0.15, 0.2) is 0 Å². The Kier molecular flexibility index (Phi) is 4.26. The highest BCUT2D eigenvalue weighted by Crippen LogP contribution is 2.59. The van der Waals surface area contributed by atoms with E-state index in [1.54, 1.807) is 18.7 Å². The van der Waals surface area contributed by atoms with E-state index in [2.05, 4.69) is 49.1 Å². The summed E-state index contributed by atoms with van der Waals surface area (Å²) in [6.45, 7) is 8.94. The summed E-state index contributed by atoms with van der Waals surface area (Å²) >= 11 is 0. The first-order valence-corrected chi connectivity index (χ1v) is 8.26. The van der Waals surface area contributed by atoms with Crippen molar-refractivity contribution >= 4 is 5.91 Å². The Hall–Kier alpha value is -2.43. The summed E-state index contributed by atoms with van der Waals surface area (Å²) in [4.78, 5) is 21.1. The van der Waals surface area contributed by atoms with E-state index in [4.69, 9.17) is 0 Å². The van der Waals surface area contributed by atoms with Crippen molar-refractivity contribution in [3.05, 3.63) is 54.3 Å². The fraction of sp³-hybridized carbons (Fsp3) is 0.421. The average Bonchev–Trinajstić information content (AvgIpc) is 2.93. The molecule has 0 aliphatic heterocycles. The molecule has 0 radical (unpaired) electrons. The van der Waals surface area contributed by atoms with Gasteiger partial charge in [-0.2, -0.15) is 0 Å². The first kappa shape index (κ1) is 16.4. The second-order valence-corrected chi connectivity index (χ2v) is 7.24. The van der Waals surface area contributed by atoms with E-state index in [0.29, 0.717) is 12.5 Å². The number of nitrogens with zero attached hydrogens (tertiary/aromatic N) is 3. The molecule has 1 N–H and O–H groups in total. The number of rotatable bonds is 5. The molecule has 24 heavy (non-hydrogen) atoms. The van der Waals surface area contributed by atoms with Crippen molar-refractivity contribution in [2.24, 2.45) is 17.3 Å². The van der Waals surface area contributed by atoms with Gasteiger partial charge in [0.1, 0.15) is 12.1 Å². The maximum Gasteiger partial charge on any atom is 0.224 e. The first-order chi connectivity index (χ1) is 11.4. The molecule has 1 aliphatic rings. The van der Waals surface area contributed by atoms with Crippen molar-refractivity contribution in [2.45, 2.75) is 34.2 Å². The van der Waals surface area contributed by atoms with Crippen LogP contribution in [0.15, 0.2) is 48.7 Å². The molecule has 5 nitrogen and oxygen atoms in total. The van der Waals surface area contributed by atoms with E-state index in [1.165, 1.54) is 5.57 Å². The number of pyridine rings is 1. The highest BCUT2D eigenvalue weighted by Gasteiger charge is 2.60. The van der Waals surface area contributed by atoms with Crippen molar-refractivity contribution < 1.29 is 4.79 Å². The predicted molar refractivity (Wildman–Crippen MR) is 93.4 cm³/mol. The molecule has 1 amide bonds. The van der Waals surface area contributed by atoms with Crippen LogP contribution in [0.5, 0.6) is 0 Å². The molecule has 1 aliphatic carbocycles. The third-order valence-corrected chi connectivity index (χ3v) is 4.78. The number of hydrogen-bond donors (Lipinski definition) is 1. The zero-order chi connectivity index (χ0) is 17.3. The Morgan fingerprint density at radius 1 is 1.38 bits per heavy atom. The van der Waals surface area contributed by atoms with Gasteiger partial charge in [-0.1, -0.05) is 31.6 Å². The zero-order valence-electron chi connectivity index (χ0n) is 14.7. The highest BCUT2D eigenvalue weighted by atomic mass is 16.2. The van der Waals surface area contributed by atoms with E-state index in [-0.39, 0.29) is 17.2 Å². The summed E-state index contributed by atoms with van der Waals surface area (Å²) < 4.78 is 1.86. The van der Waals surface area contributed by atoms with Crippen molar-refractivity contribution in [1.82, 2.24) is 19.9 Å². The fourth-order valence-corrected chi connectivity index (χ4v) is 3.33. The number of aromatic nitrogens is 3. The van der Waals surface area contributed by atoms with E-state index < -0.39 is 0 Å². The lowest BCUT2D eigenvalue weighted by atomic mass is 10.1. The summed E-state index contributed by atoms with van der Waals surface area (Å²) in [5.41, 5.74) is 2.27. The van der Waals surface area contributed by atoms with Crippen molar-refractivity contribution in [2.75, 3.05) is 0 Å². The second-order valence-electron chi connectivity index (χ2n) is 7.24. The normalized spacial score (nSPS) is 21.2. The Morgan fingerprint density at radius 3 is 2.83 bits per heavy atom. The molecule has 0 bridgehead atoms. The monoisotopic (exact) mass is 324 g/mol. The standard InChI is InChI=1S/C19H24N4O/c1-13(2)10-15-16(19(15,3)4)18(24)22-11-14-6-5-7-21-17(14)23-9-8-20-12-23/h5-10,12,15-16H,11H2,1-4H3,(H,22,24)/t15-,16-/m0/s1. The smallest absolute Gasteiger partial charge is 0.224 e. The molecule has 1 saturated carbocycles. The topological polar surface area (TPSA) is 59.8 Å². The van der Waals surface area contributed by atoms with Crippen molar-refractivity contribution in [3.63, 3.8) is 0 Å². The predicted octanol–water partition coefficient (Wildman–Crippen LogP) is 3.12. The van der Waals surface area contributed by atoms with Gasteiger partial charge in [0, 0.05) is 30.7 Å². The quantitative estimate of drug-likeness (QED) is 0.860. The van der Waals surface area contributed by atoms with Crippen molar-refractivity contribution in [1.29, 1.82) is 0 Å². The van der Waals surface area contributed by atoms with Crippen LogP contribution in [0.2, 0.25) is 0 Å². The molecule has 2 heterocycles. The van der Waals surface area contributed by atoms with Crippen LogP contribution in [0.4, 0.5) is 0 Å². The van der Waals surface area contributed by atoms with Gasteiger partial charge in [0.25, 0.3) is 0 Å². The van der Waals surface area contributed by atoms with Gasteiger partial charge in [-0.05, 0) is 31.2 Å². The van der Waals surface area contributed by atoms with Crippen LogP contribution in [-0.4, -0.2) is 20.4 Å². The minimum absolute atomic E-state index is 0.0312. The largest absolute Gasteiger partial charge is 0.352 e. The van der Waals surface area contributed by atoms with Gasteiger partial charge in [-0.25, -0.2) is 9.97 Å². The van der Waals surface area contributed by atoms with Gasteiger partial charge in [0.2, 0.25) is 5.91 Å². The average molecular weight is 324 g/mol. The number of imidazole rings is 1. The summed E-state index contributed by atoms with van der Waals surface area (Å²) in [6, 6.07) is 3.86. The lowest BCUT2D eigenvalue weighted by Gasteiger charge is -2.10. The number of carbonyl (C=O) groups excluding carboxylic acids is 1. The molecule has 2 aromatic rings. The van der Waals surface area contributed by atoms with Gasteiger partial charge < -0.3 is 5.32 Å². The van der Waals surface area contributed by atoms with E-state index in [1.807, 2.05) is 22.9 Å². The Labute approximate surface area is 142 Å². The van der Waals surface area contributed by atoms with E-state index >= 15 is 0 Å². The maximum absolute atomic E-state index is 12.6. The summed E-state index contributed by atoms with van der Waals surface area (Å²) in [5, 5.41) is 3.08. The SMILES string of the molecule is CC(C)=C[C@H]1[C@@H](C(=O)NCc2cccnc2-n2ccnc2)C1(C)C. The summed E-state index contributed by atoms with van der Waals surface area (Å²) in [6.07, 6.45) is 9.24. The Balaban J connectivity index is 1.69. The third kappa shape index (κ3) is 3.11. The lowest BCUT2D eigenvalue weighted by molar-refractivity contribution is -0.123. The Bertz CT molecular complexity index is 757. The third-order valence-electron chi connectivity index (χ3n) is 4.78. The van der Waals surface area contributed by atoms with E-state index in [9.17, 15) is 4.79 Å². The molecular formula is C19H24N4O. The van der Waals surface area contributed by atoms with Gasteiger partial charge in [-0.15, -0.1) is 0 Å². The maximum atomic E-state index is 12.6. The van der Waals surface area contributed by atoms with Gasteiger partial charge in [0.05, 0.1) is 5.92 Å². The molecule has 0 saturated heterocycles. The lowest BCUT2D eigenvalue weighted by Crippen LogP contribution is -2.27. The second kappa shape index (κ2) is 6.23. The zero-order valence-corrected chi connectivity index (χ0v) is 14.7. The number of carbonyl (C=O) groups is 1. The van der Waals surface area contributed by atoms with Crippen LogP contribution in [0.3, 0.4) is 0 Å². The van der Waals surface area contributed by atoms with Crippen LogP contribution in [0.1, 0.15) is 33.3 Å². The summed E-state index contributed by atoms with van der Waals surface area (Å²) in [7, 11) is 0. The molecule has 5 heteroatoms. The first-order valence-electron chi connectivity index (χ1n) is 8.26. The molecule has 3 rings (SSSR count). The van der Waals surface area contributed by atoms with Crippen LogP contribution >= 0.6 is 0 Å². The molecule has 2 aromatic heterocycles. The number of allylic oxidation sites excluding steroid dienone is 2. The number of hydrogen-bond acceptors (Lipinski definition) is 3. The fourth-order valence-electron chi connectivity index (χ4n) is 3.33. The number of nitrogens with one attached hydrogen (secondary N) is 1. The molecule has 0 unspecified atom stereocenters. The van der Waals surface area contributed by atoms with E-state index in [0.717, 1.165) is 11.4 Å². The molecule has 126 valence electrons. The minimum atomic E-state index is 0.0312. The van der Waals surface area contributed by atoms with Crippen LogP contribution in [0.25, 0.3) is 5.82 Å². The highest BCUT2D eigenvalue weighted by molar-refractivity contribution is 5.83. The van der Waals surface area contributed by atoms with Crippen molar-refractivity contribution in [3.8, 4) is 5.82 Å².